The second-order valence-corrected chi connectivity index (χ2v) is 7.27. The highest BCUT2D eigenvalue weighted by molar-refractivity contribution is 5.90. The van der Waals surface area contributed by atoms with Crippen molar-refractivity contribution in [1.29, 1.82) is 0 Å². The fraction of sp³-hybridized carbons (Fsp3) is 0.400. The van der Waals surface area contributed by atoms with Gasteiger partial charge in [-0.25, -0.2) is 4.79 Å². The second kappa shape index (κ2) is 6.15. The number of aromatic nitrogens is 1. The summed E-state index contributed by atoms with van der Waals surface area (Å²) in [5.74, 6) is 0. The van der Waals surface area contributed by atoms with Crippen LogP contribution in [0.3, 0.4) is 0 Å². The summed E-state index contributed by atoms with van der Waals surface area (Å²) >= 11 is 0. The maximum atomic E-state index is 12.8. The molecule has 2 N–H and O–H groups in total. The molecule has 25 heavy (non-hydrogen) atoms. The molecule has 130 valence electrons. The molecule has 2 amide bonds. The van der Waals surface area contributed by atoms with Gasteiger partial charge in [-0.3, -0.25) is 4.98 Å². The zero-order valence-corrected chi connectivity index (χ0v) is 14.4. The quantitative estimate of drug-likeness (QED) is 0.882. The van der Waals surface area contributed by atoms with Gasteiger partial charge in [0.05, 0.1) is 5.60 Å². The topological polar surface area (TPSA) is 65.5 Å². The molecule has 2 aliphatic heterocycles. The molecule has 3 heterocycles. The molecule has 0 radical (unpaired) electrons. The molecular weight excluding hydrogens is 314 g/mol. The van der Waals surface area contributed by atoms with E-state index in [1.807, 2.05) is 48.2 Å². The molecule has 1 aromatic heterocycles. The van der Waals surface area contributed by atoms with Gasteiger partial charge >= 0.3 is 6.03 Å². The number of carbonyl (C=O) groups is 1. The van der Waals surface area contributed by atoms with Crippen molar-refractivity contribution in [3.8, 4) is 0 Å². The maximum absolute atomic E-state index is 12.8. The Morgan fingerprint density at radius 2 is 1.88 bits per heavy atom. The van der Waals surface area contributed by atoms with E-state index in [1.165, 1.54) is 0 Å². The number of aliphatic hydroxyl groups is 1. The fourth-order valence-corrected chi connectivity index (χ4v) is 4.26. The second-order valence-electron chi connectivity index (χ2n) is 7.27. The first-order chi connectivity index (χ1) is 12.0. The van der Waals surface area contributed by atoms with Crippen molar-refractivity contribution in [3.63, 3.8) is 0 Å². The molecule has 2 fully saturated rings. The summed E-state index contributed by atoms with van der Waals surface area (Å²) in [5, 5.41) is 14.1. The molecule has 2 saturated heterocycles. The van der Waals surface area contributed by atoms with Crippen LogP contribution in [-0.2, 0) is 5.60 Å². The van der Waals surface area contributed by atoms with E-state index in [-0.39, 0.29) is 18.1 Å². The van der Waals surface area contributed by atoms with Crippen molar-refractivity contribution in [2.45, 2.75) is 50.3 Å². The van der Waals surface area contributed by atoms with Gasteiger partial charge in [-0.2, -0.15) is 0 Å². The minimum absolute atomic E-state index is 0.0643. The van der Waals surface area contributed by atoms with Gasteiger partial charge in [0.1, 0.15) is 0 Å². The van der Waals surface area contributed by atoms with Gasteiger partial charge in [-0.1, -0.05) is 23.8 Å². The number of carbonyl (C=O) groups excluding carboxylic acids is 1. The standard InChI is InChI=1S/C20H23N3O2/c1-14-4-6-16(7-5-14)22-19(24)23-17-8-9-18(23)12-20(25,11-17)15-3-2-10-21-13-15/h2-7,10,13,17-18,25H,8-9,11-12H2,1H3,(H,22,24)/t17-,18+,20?. The Kier molecular flexibility index (Phi) is 3.96. The van der Waals surface area contributed by atoms with E-state index < -0.39 is 5.60 Å². The largest absolute Gasteiger partial charge is 0.385 e. The van der Waals surface area contributed by atoms with E-state index >= 15 is 0 Å². The van der Waals surface area contributed by atoms with E-state index in [2.05, 4.69) is 10.3 Å². The normalized spacial score (nSPS) is 28.0. The van der Waals surface area contributed by atoms with Crippen LogP contribution < -0.4 is 5.32 Å². The number of benzene rings is 1. The zero-order chi connectivity index (χ0) is 17.4. The van der Waals surface area contributed by atoms with Crippen molar-refractivity contribution in [1.82, 2.24) is 9.88 Å². The van der Waals surface area contributed by atoms with Gasteiger partial charge in [0.25, 0.3) is 0 Å². The molecule has 1 aromatic carbocycles. The number of piperidine rings is 1. The average Bonchev–Trinajstić information content (AvgIpc) is 2.90. The highest BCUT2D eigenvalue weighted by Gasteiger charge is 2.50. The zero-order valence-electron chi connectivity index (χ0n) is 14.4. The molecule has 1 unspecified atom stereocenters. The lowest BCUT2D eigenvalue weighted by atomic mass is 9.81. The third-order valence-corrected chi connectivity index (χ3v) is 5.50. The first kappa shape index (κ1) is 16.1. The van der Waals surface area contributed by atoms with Gasteiger partial charge in [0, 0.05) is 48.6 Å². The summed E-state index contributed by atoms with van der Waals surface area (Å²) in [5.41, 5.74) is 1.94. The summed E-state index contributed by atoms with van der Waals surface area (Å²) in [7, 11) is 0. The number of aryl methyl sites for hydroxylation is 1. The SMILES string of the molecule is Cc1ccc(NC(=O)N2[C@@H]3CC[C@H]2CC(O)(c2cccnc2)C3)cc1. The van der Waals surface area contributed by atoms with Crippen LogP contribution in [0.15, 0.2) is 48.8 Å². The number of nitrogens with zero attached hydrogens (tertiary/aromatic N) is 2. The van der Waals surface area contributed by atoms with Crippen molar-refractivity contribution in [3.05, 3.63) is 59.9 Å². The van der Waals surface area contributed by atoms with Gasteiger partial charge in [-0.15, -0.1) is 0 Å². The summed E-state index contributed by atoms with van der Waals surface area (Å²) in [6.45, 7) is 2.02. The summed E-state index contributed by atoms with van der Waals surface area (Å²) < 4.78 is 0. The molecule has 0 spiro atoms. The Morgan fingerprint density at radius 1 is 1.20 bits per heavy atom. The first-order valence-electron chi connectivity index (χ1n) is 8.84. The Morgan fingerprint density at radius 3 is 2.48 bits per heavy atom. The first-order valence-corrected chi connectivity index (χ1v) is 8.84. The number of fused-ring (bicyclic) bond motifs is 2. The minimum Gasteiger partial charge on any atom is -0.385 e. The predicted octanol–water partition coefficient (Wildman–Crippen LogP) is 3.44. The molecule has 0 aliphatic carbocycles. The van der Waals surface area contributed by atoms with Crippen LogP contribution in [0.5, 0.6) is 0 Å². The van der Waals surface area contributed by atoms with Crippen molar-refractivity contribution in [2.75, 3.05) is 5.32 Å². The number of amides is 2. The summed E-state index contributed by atoms with van der Waals surface area (Å²) in [6, 6.07) is 11.7. The third-order valence-electron chi connectivity index (χ3n) is 5.50. The van der Waals surface area contributed by atoms with Crippen LogP contribution in [0.2, 0.25) is 0 Å². The third kappa shape index (κ3) is 3.00. The van der Waals surface area contributed by atoms with Crippen molar-refractivity contribution >= 4 is 11.7 Å². The van der Waals surface area contributed by atoms with E-state index in [1.54, 1.807) is 12.4 Å². The van der Waals surface area contributed by atoms with Crippen LogP contribution in [0, 0.1) is 6.92 Å². The lowest BCUT2D eigenvalue weighted by Gasteiger charge is -2.43. The van der Waals surface area contributed by atoms with Crippen molar-refractivity contribution < 1.29 is 9.90 Å². The number of hydrogen-bond acceptors (Lipinski definition) is 3. The van der Waals surface area contributed by atoms with Crippen LogP contribution in [-0.4, -0.2) is 33.1 Å². The smallest absolute Gasteiger partial charge is 0.322 e. The average molecular weight is 337 g/mol. The highest BCUT2D eigenvalue weighted by atomic mass is 16.3. The molecule has 0 saturated carbocycles. The predicted molar refractivity (Wildman–Crippen MR) is 96.2 cm³/mol. The Labute approximate surface area is 147 Å². The van der Waals surface area contributed by atoms with Crippen LogP contribution >= 0.6 is 0 Å². The molecule has 5 nitrogen and oxygen atoms in total. The Hall–Kier alpha value is -2.40. The Bertz CT molecular complexity index is 746. The number of pyridine rings is 1. The molecule has 2 bridgehead atoms. The number of nitrogens with one attached hydrogen (secondary N) is 1. The molecule has 5 heteroatoms. The molecule has 4 rings (SSSR count). The van der Waals surface area contributed by atoms with E-state index in [9.17, 15) is 9.90 Å². The molecule has 2 aromatic rings. The molecule has 2 aliphatic rings. The van der Waals surface area contributed by atoms with Crippen LogP contribution in [0.25, 0.3) is 0 Å². The summed E-state index contributed by atoms with van der Waals surface area (Å²) in [6.07, 6.45) is 6.46. The monoisotopic (exact) mass is 337 g/mol. The van der Waals surface area contributed by atoms with Crippen molar-refractivity contribution in [2.24, 2.45) is 0 Å². The van der Waals surface area contributed by atoms with Gasteiger partial charge in [-0.05, 0) is 38.0 Å². The summed E-state index contributed by atoms with van der Waals surface area (Å²) in [4.78, 5) is 18.9. The maximum Gasteiger partial charge on any atom is 0.322 e. The van der Waals surface area contributed by atoms with Gasteiger partial charge < -0.3 is 15.3 Å². The lowest BCUT2D eigenvalue weighted by molar-refractivity contribution is -0.0424. The number of rotatable bonds is 2. The Balaban J connectivity index is 1.50. The van der Waals surface area contributed by atoms with Crippen LogP contribution in [0.4, 0.5) is 10.5 Å². The number of urea groups is 1. The minimum atomic E-state index is -0.888. The molecular formula is C20H23N3O2. The van der Waals surface area contributed by atoms with Gasteiger partial charge in [0.2, 0.25) is 0 Å². The highest BCUT2D eigenvalue weighted by Crippen LogP contribution is 2.45. The van der Waals surface area contributed by atoms with Crippen LogP contribution in [0.1, 0.15) is 36.8 Å². The number of hydrogen-bond donors (Lipinski definition) is 2. The fourth-order valence-electron chi connectivity index (χ4n) is 4.26. The lowest BCUT2D eigenvalue weighted by Crippen LogP contribution is -2.53. The molecule has 3 atom stereocenters. The number of anilines is 1. The van der Waals surface area contributed by atoms with E-state index in [0.717, 1.165) is 29.7 Å². The van der Waals surface area contributed by atoms with E-state index in [0.29, 0.717) is 12.8 Å². The van der Waals surface area contributed by atoms with Gasteiger partial charge in [0.15, 0.2) is 0 Å². The van der Waals surface area contributed by atoms with E-state index in [4.69, 9.17) is 0 Å².